The molecule has 1 N–H and O–H groups in total. The molecule has 160 valence electrons. The van der Waals surface area contributed by atoms with Gasteiger partial charge in [-0.2, -0.15) is 0 Å². The molecule has 2 saturated heterocycles. The molecule has 0 atom stereocenters. The van der Waals surface area contributed by atoms with Crippen LogP contribution in [0.4, 0.5) is 5.82 Å². The largest absolute Gasteiger partial charge is 0.369 e. The summed E-state index contributed by atoms with van der Waals surface area (Å²) < 4.78 is 6.28. The molecule has 5 rings (SSSR count). The van der Waals surface area contributed by atoms with Crippen LogP contribution in [-0.2, 0) is 23.2 Å². The lowest BCUT2D eigenvalue weighted by Gasteiger charge is -2.40. The highest BCUT2D eigenvalue weighted by Crippen LogP contribution is 2.44. The zero-order valence-corrected chi connectivity index (χ0v) is 18.3. The zero-order chi connectivity index (χ0) is 20.6. The van der Waals surface area contributed by atoms with Crippen LogP contribution in [0.1, 0.15) is 45.6 Å². The molecule has 3 aliphatic heterocycles. The fourth-order valence-electron chi connectivity index (χ4n) is 4.78. The number of rotatable bonds is 3. The number of anilines is 1. The highest BCUT2D eigenvalue weighted by molar-refractivity contribution is 7.14. The molecule has 0 bridgehead atoms. The van der Waals surface area contributed by atoms with Gasteiger partial charge in [-0.3, -0.25) is 4.79 Å². The monoisotopic (exact) mass is 427 g/mol. The van der Waals surface area contributed by atoms with Gasteiger partial charge in [0.1, 0.15) is 17.7 Å². The quantitative estimate of drug-likeness (QED) is 0.810. The summed E-state index contributed by atoms with van der Waals surface area (Å²) in [7, 11) is 0. The van der Waals surface area contributed by atoms with Crippen LogP contribution in [0.15, 0.2) is 18.5 Å². The molecular formula is C22H29N5O2S. The first kappa shape index (κ1) is 19.9. The van der Waals surface area contributed by atoms with E-state index in [1.165, 1.54) is 10.4 Å². The number of amides is 1. The molecule has 0 aromatic carbocycles. The molecule has 1 amide bonds. The van der Waals surface area contributed by atoms with Crippen molar-refractivity contribution in [1.82, 2.24) is 20.2 Å². The Balaban J connectivity index is 1.28. The third-order valence-electron chi connectivity index (χ3n) is 6.56. The van der Waals surface area contributed by atoms with Gasteiger partial charge in [0.2, 0.25) is 0 Å². The number of aryl methyl sites for hydroxylation is 1. The number of hydrogen-bond donors (Lipinski definition) is 1. The van der Waals surface area contributed by atoms with Gasteiger partial charge in [-0.25, -0.2) is 9.97 Å². The summed E-state index contributed by atoms with van der Waals surface area (Å²) in [5, 5.41) is 3.43. The number of piperidine rings is 1. The van der Waals surface area contributed by atoms with E-state index in [1.807, 2.05) is 4.90 Å². The molecule has 0 radical (unpaired) electrons. The smallest absolute Gasteiger partial charge is 0.264 e. The average molecular weight is 428 g/mol. The van der Waals surface area contributed by atoms with Gasteiger partial charge in [0, 0.05) is 42.8 Å². The first-order valence-corrected chi connectivity index (χ1v) is 11.8. The predicted octanol–water partition coefficient (Wildman–Crippen LogP) is 2.21. The Morgan fingerprint density at radius 3 is 2.77 bits per heavy atom. The SMILES string of the molecule is CCc1cc(N2CCN(C(=O)c3cc4c(s3)C3(CCNCC3)OCC4)CC2)ncn1. The maximum atomic E-state index is 13.3. The van der Waals surface area contributed by atoms with Crippen LogP contribution in [0.25, 0.3) is 0 Å². The summed E-state index contributed by atoms with van der Waals surface area (Å²) in [4.78, 5) is 28.4. The van der Waals surface area contributed by atoms with Gasteiger partial charge >= 0.3 is 0 Å². The van der Waals surface area contributed by atoms with Gasteiger partial charge < -0.3 is 19.9 Å². The lowest BCUT2D eigenvalue weighted by atomic mass is 9.86. The fourth-order valence-corrected chi connectivity index (χ4v) is 6.15. The highest BCUT2D eigenvalue weighted by atomic mass is 32.1. The van der Waals surface area contributed by atoms with Crippen LogP contribution in [0.5, 0.6) is 0 Å². The number of nitrogens with one attached hydrogen (secondary N) is 1. The van der Waals surface area contributed by atoms with Crippen LogP contribution >= 0.6 is 11.3 Å². The Labute approximate surface area is 181 Å². The van der Waals surface area contributed by atoms with E-state index in [0.29, 0.717) is 0 Å². The van der Waals surface area contributed by atoms with Gasteiger partial charge in [0.05, 0.1) is 11.5 Å². The second kappa shape index (κ2) is 8.24. The van der Waals surface area contributed by atoms with Crippen molar-refractivity contribution in [3.05, 3.63) is 39.5 Å². The van der Waals surface area contributed by atoms with Crippen molar-refractivity contribution in [1.29, 1.82) is 0 Å². The standard InChI is InChI=1S/C22H29N5O2S/c1-2-17-14-19(25-15-24-17)26-8-10-27(11-9-26)21(28)18-13-16-3-12-29-22(20(16)30-18)4-6-23-7-5-22/h13-15,23H,2-12H2,1H3. The molecular weight excluding hydrogens is 398 g/mol. The molecule has 7 nitrogen and oxygen atoms in total. The van der Waals surface area contributed by atoms with Crippen LogP contribution < -0.4 is 10.2 Å². The first-order valence-electron chi connectivity index (χ1n) is 11.0. The van der Waals surface area contributed by atoms with E-state index in [1.54, 1.807) is 17.7 Å². The van der Waals surface area contributed by atoms with Gasteiger partial charge in [0.25, 0.3) is 5.91 Å². The summed E-state index contributed by atoms with van der Waals surface area (Å²) in [6.45, 7) is 7.86. The van der Waals surface area contributed by atoms with Crippen LogP contribution in [0.2, 0.25) is 0 Å². The Hall–Kier alpha value is -2.03. The molecule has 1 spiro atoms. The molecule has 2 aromatic heterocycles. The average Bonchev–Trinajstić information content (AvgIpc) is 3.25. The van der Waals surface area contributed by atoms with Crippen molar-refractivity contribution in [3.63, 3.8) is 0 Å². The number of carbonyl (C=O) groups is 1. The lowest BCUT2D eigenvalue weighted by molar-refractivity contribution is -0.0771. The Morgan fingerprint density at radius 2 is 2.00 bits per heavy atom. The topological polar surface area (TPSA) is 70.6 Å². The molecule has 0 aliphatic carbocycles. The Bertz CT molecular complexity index is 916. The number of ether oxygens (including phenoxy) is 1. The van der Waals surface area contributed by atoms with Crippen molar-refractivity contribution in [2.24, 2.45) is 0 Å². The second-order valence-electron chi connectivity index (χ2n) is 8.31. The number of piperazine rings is 1. The van der Waals surface area contributed by atoms with Gasteiger partial charge in [-0.05, 0) is 50.4 Å². The number of aromatic nitrogens is 2. The van der Waals surface area contributed by atoms with Crippen LogP contribution in [0.3, 0.4) is 0 Å². The Morgan fingerprint density at radius 1 is 1.20 bits per heavy atom. The normalized spacial score (nSPS) is 21.0. The van der Waals surface area contributed by atoms with Crippen molar-refractivity contribution >= 4 is 23.1 Å². The predicted molar refractivity (Wildman–Crippen MR) is 117 cm³/mol. The van der Waals surface area contributed by atoms with Crippen LogP contribution in [-0.4, -0.2) is 66.7 Å². The van der Waals surface area contributed by atoms with E-state index < -0.39 is 0 Å². The first-order chi connectivity index (χ1) is 14.7. The third-order valence-corrected chi connectivity index (χ3v) is 7.91. The van der Waals surface area contributed by atoms with E-state index in [-0.39, 0.29) is 11.5 Å². The van der Waals surface area contributed by atoms with E-state index in [4.69, 9.17) is 4.74 Å². The molecule has 2 fully saturated rings. The van der Waals surface area contributed by atoms with Crippen molar-refractivity contribution < 1.29 is 9.53 Å². The summed E-state index contributed by atoms with van der Waals surface area (Å²) >= 11 is 1.67. The molecule has 0 unspecified atom stereocenters. The van der Waals surface area contributed by atoms with E-state index in [2.05, 4.69) is 39.2 Å². The number of fused-ring (bicyclic) bond motifs is 2. The lowest BCUT2D eigenvalue weighted by Crippen LogP contribution is -2.49. The summed E-state index contributed by atoms with van der Waals surface area (Å²) in [6, 6.07) is 4.20. The third kappa shape index (κ3) is 3.61. The van der Waals surface area contributed by atoms with Crippen molar-refractivity contribution in [3.8, 4) is 0 Å². The molecule has 3 aliphatic rings. The summed E-state index contributed by atoms with van der Waals surface area (Å²) in [5.41, 5.74) is 2.20. The Kier molecular flexibility index (Phi) is 5.47. The van der Waals surface area contributed by atoms with Crippen molar-refractivity contribution in [2.45, 2.75) is 38.2 Å². The zero-order valence-electron chi connectivity index (χ0n) is 17.5. The minimum atomic E-state index is -0.176. The minimum absolute atomic E-state index is 0.162. The number of thiophene rings is 1. The highest BCUT2D eigenvalue weighted by Gasteiger charge is 2.41. The van der Waals surface area contributed by atoms with E-state index in [0.717, 1.165) is 87.9 Å². The summed E-state index contributed by atoms with van der Waals surface area (Å²) in [5.74, 6) is 1.13. The van der Waals surface area contributed by atoms with Crippen LogP contribution in [0, 0.1) is 0 Å². The molecule has 0 saturated carbocycles. The number of nitrogens with zero attached hydrogens (tertiary/aromatic N) is 4. The van der Waals surface area contributed by atoms with Crippen molar-refractivity contribution in [2.75, 3.05) is 50.8 Å². The maximum absolute atomic E-state index is 13.3. The minimum Gasteiger partial charge on any atom is -0.369 e. The molecule has 30 heavy (non-hydrogen) atoms. The summed E-state index contributed by atoms with van der Waals surface area (Å²) in [6.07, 6.45) is 5.44. The van der Waals surface area contributed by atoms with Gasteiger partial charge in [-0.15, -0.1) is 11.3 Å². The maximum Gasteiger partial charge on any atom is 0.264 e. The van der Waals surface area contributed by atoms with E-state index in [9.17, 15) is 4.79 Å². The number of carbonyl (C=O) groups excluding carboxylic acids is 1. The van der Waals surface area contributed by atoms with Gasteiger partial charge in [0.15, 0.2) is 0 Å². The number of hydrogen-bond acceptors (Lipinski definition) is 7. The fraction of sp³-hybridized carbons (Fsp3) is 0.591. The van der Waals surface area contributed by atoms with Gasteiger partial charge in [-0.1, -0.05) is 6.92 Å². The molecule has 2 aromatic rings. The molecule has 5 heterocycles. The molecule has 8 heteroatoms. The second-order valence-corrected chi connectivity index (χ2v) is 9.36. The van der Waals surface area contributed by atoms with E-state index >= 15 is 0 Å².